The Morgan fingerprint density at radius 1 is 0.653 bits per heavy atom. The normalized spacial score (nSPS) is 14.5. The number of ketones is 1. The number of ether oxygens (including phenoxy) is 10. The van der Waals surface area contributed by atoms with Crippen LogP contribution in [0.3, 0.4) is 0 Å². The van der Waals surface area contributed by atoms with Crippen molar-refractivity contribution >= 4 is 35.7 Å². The van der Waals surface area contributed by atoms with Gasteiger partial charge in [0.05, 0.1) is 145 Å². The Labute approximate surface area is 423 Å². The molecule has 0 spiro atoms. The number of carbonyl (C=O) groups is 4. The molecule has 0 saturated carbocycles. The van der Waals surface area contributed by atoms with Crippen molar-refractivity contribution in [3.05, 3.63) is 58.8 Å². The summed E-state index contributed by atoms with van der Waals surface area (Å²) in [6.45, 7) is 13.5. The first-order valence-corrected chi connectivity index (χ1v) is 25.1. The van der Waals surface area contributed by atoms with Gasteiger partial charge in [-0.15, -0.1) is 0 Å². The molecule has 1 fully saturated rings. The first kappa shape index (κ1) is 59.8. The molecule has 0 bridgehead atoms. The van der Waals surface area contributed by atoms with Crippen molar-refractivity contribution in [3.8, 4) is 11.1 Å². The van der Waals surface area contributed by atoms with Crippen LogP contribution in [0.1, 0.15) is 80.5 Å². The molecule has 2 aliphatic rings. The van der Waals surface area contributed by atoms with Gasteiger partial charge in [-0.2, -0.15) is 0 Å². The Balaban J connectivity index is 0.950. The molecular weight excluding hydrogens is 939 g/mol. The number of Topliss-reactive ketones (excluding diaryl/α,β-unsaturated/α-hetero) is 1. The van der Waals surface area contributed by atoms with Crippen molar-refractivity contribution in [2.45, 2.75) is 64.8 Å². The summed E-state index contributed by atoms with van der Waals surface area (Å²) < 4.78 is 54.6. The second kappa shape index (κ2) is 37.0. The maximum atomic E-state index is 13.5. The van der Waals surface area contributed by atoms with Gasteiger partial charge >= 0.3 is 5.97 Å². The molecule has 21 heteroatoms. The summed E-state index contributed by atoms with van der Waals surface area (Å²) in [5.74, 6) is -1.42. The number of rotatable bonds is 42. The number of hydrogen-bond donors (Lipinski definition) is 2. The van der Waals surface area contributed by atoms with Crippen molar-refractivity contribution in [2.75, 3.05) is 152 Å². The van der Waals surface area contributed by atoms with Crippen LogP contribution in [0.25, 0.3) is 23.3 Å². The van der Waals surface area contributed by atoms with Crippen LogP contribution in [0.4, 0.5) is 0 Å². The molecule has 1 aliphatic carbocycles. The van der Waals surface area contributed by atoms with E-state index in [0.29, 0.717) is 188 Å². The lowest BCUT2D eigenvalue weighted by Crippen LogP contribution is -2.41. The van der Waals surface area contributed by atoms with E-state index in [9.17, 15) is 19.2 Å². The highest BCUT2D eigenvalue weighted by atomic mass is 16.7. The highest BCUT2D eigenvalue weighted by molar-refractivity contribution is 5.99. The fourth-order valence-corrected chi connectivity index (χ4v) is 7.42. The van der Waals surface area contributed by atoms with Crippen molar-refractivity contribution in [3.63, 3.8) is 0 Å². The molecule has 21 nitrogen and oxygen atoms in total. The summed E-state index contributed by atoms with van der Waals surface area (Å²) in [7, 11) is 0. The summed E-state index contributed by atoms with van der Waals surface area (Å²) >= 11 is 0. The molecule has 0 radical (unpaired) electrons. The monoisotopic (exact) mass is 1020 g/mol. The molecule has 1 atom stereocenters. The molecule has 2 heterocycles. The van der Waals surface area contributed by atoms with Crippen molar-refractivity contribution in [2.24, 2.45) is 5.73 Å². The minimum absolute atomic E-state index is 0.00129. The Morgan fingerprint density at radius 3 is 1.64 bits per heavy atom. The van der Waals surface area contributed by atoms with Crippen molar-refractivity contribution < 1.29 is 76.5 Å². The fraction of sp³-hybridized carbons (Fsp3) is 0.647. The number of carboxylic acid groups (broad SMARTS) is 1. The molecule has 402 valence electrons. The van der Waals surface area contributed by atoms with Crippen LogP contribution in [0.15, 0.2) is 41.9 Å². The Morgan fingerprint density at radius 2 is 1.15 bits per heavy atom. The lowest BCUT2D eigenvalue weighted by atomic mass is 10.00. The molecule has 72 heavy (non-hydrogen) atoms. The van der Waals surface area contributed by atoms with Gasteiger partial charge in [0.15, 0.2) is 5.78 Å². The zero-order valence-electron chi connectivity index (χ0n) is 42.3. The SMILES string of the molecule is CCCN(OCC)C(=O)C1=Cc2ccc(-c3cnc(C(=O)N4CCC[C@@H]4C(=O)CCCOCCOCCOCCOCCOCCOCCOCCOCCOCCOCCC(=O)O)nc3)cc2C=C(N)C1. The predicted molar refractivity (Wildman–Crippen MR) is 265 cm³/mol. The number of nitrogens with zero attached hydrogens (tertiary/aromatic N) is 4. The number of aromatic nitrogens is 2. The second-order valence-corrected chi connectivity index (χ2v) is 16.5. The Kier molecular flexibility index (Phi) is 30.7. The van der Waals surface area contributed by atoms with Gasteiger partial charge < -0.3 is 63.1 Å². The van der Waals surface area contributed by atoms with Crippen LogP contribution in [0.2, 0.25) is 0 Å². The molecular formula is C51H77N5O16. The molecule has 1 aromatic carbocycles. The van der Waals surface area contributed by atoms with Gasteiger partial charge in [0, 0.05) is 61.8 Å². The number of nitrogens with two attached hydrogens (primary N) is 1. The highest BCUT2D eigenvalue weighted by Gasteiger charge is 2.35. The topological polar surface area (TPSA) is 248 Å². The van der Waals surface area contributed by atoms with E-state index >= 15 is 0 Å². The molecule has 1 aliphatic heterocycles. The maximum absolute atomic E-state index is 13.5. The van der Waals surface area contributed by atoms with Crippen LogP contribution in [0, 0.1) is 0 Å². The number of hydroxylamine groups is 2. The molecule has 2 aromatic rings. The minimum atomic E-state index is -0.884. The van der Waals surface area contributed by atoms with Gasteiger partial charge in [0.25, 0.3) is 11.8 Å². The molecule has 2 amide bonds. The molecule has 0 unspecified atom stereocenters. The third kappa shape index (κ3) is 23.8. The number of benzene rings is 1. The quantitative estimate of drug-likeness (QED) is 0.0704. The summed E-state index contributed by atoms with van der Waals surface area (Å²) in [5, 5.41) is 9.93. The van der Waals surface area contributed by atoms with Crippen LogP contribution < -0.4 is 5.73 Å². The summed E-state index contributed by atoms with van der Waals surface area (Å²) in [5.41, 5.74) is 10.7. The van der Waals surface area contributed by atoms with Crippen molar-refractivity contribution in [1.29, 1.82) is 0 Å². The second-order valence-electron chi connectivity index (χ2n) is 16.5. The first-order valence-electron chi connectivity index (χ1n) is 25.1. The van der Waals surface area contributed by atoms with Gasteiger partial charge in [-0.1, -0.05) is 19.1 Å². The van der Waals surface area contributed by atoms with E-state index < -0.39 is 12.0 Å². The molecule has 3 N–H and O–H groups in total. The Bertz CT molecular complexity index is 1930. The maximum Gasteiger partial charge on any atom is 0.305 e. The molecule has 1 aromatic heterocycles. The number of allylic oxidation sites excluding steroid dienone is 1. The number of carbonyl (C=O) groups excluding carboxylic acids is 3. The number of hydrogen-bond acceptors (Lipinski definition) is 18. The van der Waals surface area contributed by atoms with E-state index in [1.165, 1.54) is 5.06 Å². The van der Waals surface area contributed by atoms with E-state index in [2.05, 4.69) is 9.97 Å². The summed E-state index contributed by atoms with van der Waals surface area (Å²) in [6.07, 6.45) is 10.1. The van der Waals surface area contributed by atoms with Crippen LogP contribution in [-0.4, -0.2) is 206 Å². The van der Waals surface area contributed by atoms with Gasteiger partial charge in [-0.25, -0.2) is 15.0 Å². The van der Waals surface area contributed by atoms with Crippen LogP contribution >= 0.6 is 0 Å². The van der Waals surface area contributed by atoms with Gasteiger partial charge in [-0.3, -0.25) is 24.0 Å². The zero-order valence-corrected chi connectivity index (χ0v) is 42.3. The number of likely N-dealkylation sites (tertiary alicyclic amines) is 1. The van der Waals surface area contributed by atoms with Crippen LogP contribution in [0.5, 0.6) is 0 Å². The summed E-state index contributed by atoms with van der Waals surface area (Å²) in [6, 6.07) is 5.28. The first-order chi connectivity index (χ1) is 35.2. The van der Waals surface area contributed by atoms with E-state index in [4.69, 9.17) is 63.0 Å². The third-order valence-electron chi connectivity index (χ3n) is 10.9. The molecule has 4 rings (SSSR count). The van der Waals surface area contributed by atoms with Crippen molar-refractivity contribution in [1.82, 2.24) is 19.9 Å². The largest absolute Gasteiger partial charge is 0.481 e. The highest BCUT2D eigenvalue weighted by Crippen LogP contribution is 2.30. The number of fused-ring (bicyclic) bond motifs is 1. The number of carboxylic acids is 1. The van der Waals surface area contributed by atoms with E-state index in [1.54, 1.807) is 17.3 Å². The number of aliphatic carboxylic acids is 1. The number of amides is 2. The van der Waals surface area contributed by atoms with Gasteiger partial charge in [-0.05, 0) is 67.5 Å². The average molecular weight is 1020 g/mol. The summed E-state index contributed by atoms with van der Waals surface area (Å²) in [4.78, 5) is 66.4. The Hall–Kier alpha value is -4.78. The minimum Gasteiger partial charge on any atom is -0.481 e. The predicted octanol–water partition coefficient (Wildman–Crippen LogP) is 4.02. The standard InChI is InChI=1S/C51H77N5O16/c1-3-12-56(72-4-2)50(60)43-35-40-9-10-41(34-42(40)36-45(52)37-43)44-38-53-49(54-39-44)51(61)55-13-5-7-46(55)47(57)8-6-14-62-16-18-64-20-22-66-24-26-68-28-30-70-32-33-71-31-29-69-27-25-67-23-21-65-19-17-63-15-11-48(58)59/h9-10,34-36,38-39,46H,3-8,11-33,37,52H2,1-2H3,(H,58,59)/t46-/m1/s1. The lowest BCUT2D eigenvalue weighted by Gasteiger charge is -2.23. The van der Waals surface area contributed by atoms with Gasteiger partial charge in [0.1, 0.15) is 0 Å². The third-order valence-corrected chi connectivity index (χ3v) is 10.9. The fourth-order valence-electron chi connectivity index (χ4n) is 7.42. The average Bonchev–Trinajstić information content (AvgIpc) is 3.81. The smallest absolute Gasteiger partial charge is 0.305 e. The lowest BCUT2D eigenvalue weighted by molar-refractivity contribution is -0.180. The molecule has 1 saturated heterocycles. The van der Waals surface area contributed by atoms with E-state index in [-0.39, 0.29) is 36.4 Å². The van der Waals surface area contributed by atoms with Gasteiger partial charge in [0.2, 0.25) is 5.82 Å². The van der Waals surface area contributed by atoms with Crippen LogP contribution in [-0.2, 0) is 66.6 Å². The van der Waals surface area contributed by atoms with E-state index in [1.807, 2.05) is 44.2 Å². The zero-order chi connectivity index (χ0) is 51.4. The van der Waals surface area contributed by atoms with E-state index in [0.717, 1.165) is 29.5 Å².